The highest BCUT2D eigenvalue weighted by Gasteiger charge is 2.43. The van der Waals surface area contributed by atoms with Gasteiger partial charge in [-0.25, -0.2) is 4.85 Å². The summed E-state index contributed by atoms with van der Waals surface area (Å²) in [6.45, 7) is 12.9. The number of aliphatic hydroxyl groups excluding tert-OH is 2. The summed E-state index contributed by atoms with van der Waals surface area (Å²) < 4.78 is 25.1. The van der Waals surface area contributed by atoms with Crippen LogP contribution in [0.2, 0.25) is 0 Å². The first kappa shape index (κ1) is 40.4. The lowest BCUT2D eigenvalue weighted by Crippen LogP contribution is -2.26. The monoisotopic (exact) mass is 780 g/mol. The lowest BCUT2D eigenvalue weighted by atomic mass is 9.87. The number of unbranched alkanes of at least 4 members (excludes halogenated alkanes) is 2. The fraction of sp³-hybridized carbons (Fsp3) is 0.283. The second-order valence-corrected chi connectivity index (χ2v) is 14.6. The van der Waals surface area contributed by atoms with Gasteiger partial charge in [0.15, 0.2) is 22.8 Å². The predicted octanol–water partition coefficient (Wildman–Crippen LogP) is 9.05. The highest BCUT2D eigenvalue weighted by atomic mass is 32.1. The molecule has 0 fully saturated rings. The Morgan fingerprint density at radius 2 is 1.47 bits per heavy atom. The van der Waals surface area contributed by atoms with Crippen LogP contribution in [0.15, 0.2) is 108 Å². The first-order valence-electron chi connectivity index (χ1n) is 18.9. The molecule has 3 heterocycles. The molecular weight excluding hydrogens is 737 g/mol. The van der Waals surface area contributed by atoms with Crippen molar-refractivity contribution in [3.05, 3.63) is 145 Å². The van der Waals surface area contributed by atoms with Crippen molar-refractivity contribution in [3.63, 3.8) is 0 Å². The molecule has 2 N–H and O–H groups in total. The molecule has 0 spiro atoms. The summed E-state index contributed by atoms with van der Waals surface area (Å²) in [6, 6.07) is 29.4. The zero-order valence-corrected chi connectivity index (χ0v) is 32.6. The number of aliphatic hydroxyl groups is 2. The second-order valence-electron chi connectivity index (χ2n) is 13.5. The topological polar surface area (TPSA) is 133 Å². The molecule has 2 aliphatic rings. The molecule has 4 aromatic rings. The van der Waals surface area contributed by atoms with Gasteiger partial charge in [0.2, 0.25) is 5.70 Å². The zero-order chi connectivity index (χ0) is 40.0. The summed E-state index contributed by atoms with van der Waals surface area (Å²) in [4.78, 5) is 7.63. The van der Waals surface area contributed by atoms with Crippen LogP contribution < -0.4 is 19.1 Å². The van der Waals surface area contributed by atoms with Crippen LogP contribution in [0.3, 0.4) is 0 Å². The summed E-state index contributed by atoms with van der Waals surface area (Å²) in [5, 5.41) is 38.3. The molecule has 10 nitrogen and oxygen atoms in total. The van der Waals surface area contributed by atoms with Gasteiger partial charge in [-0.15, -0.1) is 11.3 Å². The smallest absolute Gasteiger partial charge is 0.237 e. The van der Waals surface area contributed by atoms with E-state index in [4.69, 9.17) is 25.5 Å². The van der Waals surface area contributed by atoms with E-state index in [1.165, 1.54) is 11.3 Å². The molecule has 11 heteroatoms. The third kappa shape index (κ3) is 9.40. The van der Waals surface area contributed by atoms with Gasteiger partial charge in [-0.05, 0) is 74.1 Å². The van der Waals surface area contributed by atoms with E-state index in [-0.39, 0.29) is 30.2 Å². The highest BCUT2D eigenvalue weighted by Crippen LogP contribution is 2.50. The molecule has 6 rings (SSSR count). The maximum atomic E-state index is 9.71. The van der Waals surface area contributed by atoms with Crippen molar-refractivity contribution in [2.24, 2.45) is 0 Å². The molecule has 0 radical (unpaired) electrons. The Balaban J connectivity index is 1.36. The van der Waals surface area contributed by atoms with Gasteiger partial charge in [-0.2, -0.15) is 10.5 Å². The highest BCUT2D eigenvalue weighted by molar-refractivity contribution is 7.14. The van der Waals surface area contributed by atoms with Crippen molar-refractivity contribution in [2.45, 2.75) is 44.8 Å². The van der Waals surface area contributed by atoms with E-state index in [2.05, 4.69) is 21.9 Å². The summed E-state index contributed by atoms with van der Waals surface area (Å²) in [5.74, 6) is 1.89. The molecule has 0 bridgehead atoms. The minimum atomic E-state index is -1.14. The number of allylic oxidation sites excluding steroid dienone is 1. The number of ether oxygens (including phenoxy) is 4. The summed E-state index contributed by atoms with van der Waals surface area (Å²) >= 11 is 1.47. The average molecular weight is 781 g/mol. The largest absolute Gasteiger partial charge is 0.488 e. The van der Waals surface area contributed by atoms with Crippen LogP contribution in [0.1, 0.15) is 59.1 Å². The standard InChI is InChI=1S/C46H44N4O6S/c1-46(36-15-7-4-8-16-36)38(42(49-2)43(56-46)35(30-47)31-48)20-22-41-45-44(53-27-28-54-45)40(57-41)21-18-34-17-19-37(50(23-9-11-25-51)24-10-12-26-52)29-39(34)55-32-33-13-5-3-6-14-33/h3-8,13-22,29,51-52H,9-12,23-28,32H2,1H3/b21-18+,22-20+. The van der Waals surface area contributed by atoms with Gasteiger partial charge in [0, 0.05) is 49.2 Å². The van der Waals surface area contributed by atoms with E-state index >= 15 is 0 Å². The van der Waals surface area contributed by atoms with Crippen LogP contribution in [-0.2, 0) is 16.9 Å². The number of nitrogens with zero attached hydrogens (tertiary/aromatic N) is 4. The van der Waals surface area contributed by atoms with Gasteiger partial charge in [-0.3, -0.25) is 0 Å². The number of hydrogen-bond donors (Lipinski definition) is 2. The molecule has 290 valence electrons. The third-order valence-electron chi connectivity index (χ3n) is 9.71. The van der Waals surface area contributed by atoms with E-state index < -0.39 is 5.60 Å². The zero-order valence-electron chi connectivity index (χ0n) is 31.8. The Hall–Kier alpha value is -6.29. The lowest BCUT2D eigenvalue weighted by molar-refractivity contribution is 0.0755. The molecule has 0 aliphatic carbocycles. The van der Waals surface area contributed by atoms with Crippen LogP contribution in [0.4, 0.5) is 5.69 Å². The molecule has 0 amide bonds. The molecular formula is C46H44N4O6S. The molecule has 57 heavy (non-hydrogen) atoms. The molecule has 3 aromatic carbocycles. The van der Waals surface area contributed by atoms with Crippen LogP contribution in [0, 0.1) is 29.2 Å². The van der Waals surface area contributed by atoms with Crippen molar-refractivity contribution in [1.82, 2.24) is 0 Å². The van der Waals surface area contributed by atoms with E-state index in [1.54, 1.807) is 6.08 Å². The third-order valence-corrected chi connectivity index (χ3v) is 10.8. The Morgan fingerprint density at radius 1 is 0.860 bits per heavy atom. The van der Waals surface area contributed by atoms with E-state index in [0.29, 0.717) is 55.5 Å². The minimum absolute atomic E-state index is 0.0350. The van der Waals surface area contributed by atoms with E-state index in [9.17, 15) is 20.7 Å². The maximum Gasteiger partial charge on any atom is 0.237 e. The maximum absolute atomic E-state index is 9.71. The molecule has 1 unspecified atom stereocenters. The van der Waals surface area contributed by atoms with Crippen LogP contribution >= 0.6 is 11.3 Å². The Kier molecular flexibility index (Phi) is 13.8. The predicted molar refractivity (Wildman–Crippen MR) is 222 cm³/mol. The van der Waals surface area contributed by atoms with Gasteiger partial charge in [0.05, 0.1) is 16.3 Å². The molecule has 1 aromatic heterocycles. The number of fused-ring (bicyclic) bond motifs is 1. The quantitative estimate of drug-likeness (QED) is 0.0612. The van der Waals surface area contributed by atoms with Gasteiger partial charge in [-0.1, -0.05) is 66.7 Å². The van der Waals surface area contributed by atoms with Crippen molar-refractivity contribution >= 4 is 35.3 Å². The fourth-order valence-electron chi connectivity index (χ4n) is 6.73. The Labute approximate surface area is 337 Å². The lowest BCUT2D eigenvalue weighted by Gasteiger charge is -2.28. The van der Waals surface area contributed by atoms with E-state index in [1.807, 2.05) is 104 Å². The number of thiophene rings is 1. The van der Waals surface area contributed by atoms with Crippen molar-refractivity contribution in [3.8, 4) is 29.4 Å². The number of rotatable bonds is 17. The number of hydrogen-bond acceptors (Lipinski definition) is 10. The average Bonchev–Trinajstić information content (AvgIpc) is 3.76. The summed E-state index contributed by atoms with van der Waals surface area (Å²) in [5.41, 5.74) is 2.90. The molecule has 2 aliphatic heterocycles. The number of anilines is 1. The summed E-state index contributed by atoms with van der Waals surface area (Å²) in [7, 11) is 0. The Morgan fingerprint density at radius 3 is 2.07 bits per heavy atom. The molecule has 0 saturated heterocycles. The second kappa shape index (κ2) is 19.5. The first-order chi connectivity index (χ1) is 27.9. The van der Waals surface area contributed by atoms with Crippen LogP contribution in [-0.4, -0.2) is 49.7 Å². The number of benzene rings is 3. The van der Waals surface area contributed by atoms with Gasteiger partial charge < -0.3 is 34.1 Å². The van der Waals surface area contributed by atoms with Crippen LogP contribution in [0.5, 0.6) is 17.2 Å². The fourth-order valence-corrected chi connectivity index (χ4v) is 7.73. The Bertz CT molecular complexity index is 2250. The van der Waals surface area contributed by atoms with Crippen LogP contribution in [0.25, 0.3) is 23.1 Å². The van der Waals surface area contributed by atoms with E-state index in [0.717, 1.165) is 58.1 Å². The normalized spacial score (nSPS) is 16.0. The van der Waals surface area contributed by atoms with Crippen molar-refractivity contribution < 1.29 is 29.2 Å². The molecule has 0 saturated carbocycles. The van der Waals surface area contributed by atoms with Gasteiger partial charge in [0.25, 0.3) is 0 Å². The van der Waals surface area contributed by atoms with Crippen molar-refractivity contribution in [2.75, 3.05) is 44.4 Å². The van der Waals surface area contributed by atoms with Gasteiger partial charge in [0.1, 0.15) is 43.3 Å². The number of nitriles is 2. The summed E-state index contributed by atoms with van der Waals surface area (Å²) in [6.07, 6.45) is 10.8. The van der Waals surface area contributed by atoms with Crippen molar-refractivity contribution in [1.29, 1.82) is 10.5 Å². The molecule has 1 atom stereocenters. The van der Waals surface area contributed by atoms with Gasteiger partial charge >= 0.3 is 0 Å². The minimum Gasteiger partial charge on any atom is -0.488 e. The SMILES string of the molecule is [C-]#[N+]C1=C(/C=C/c2sc(/C=C/c3ccc(N(CCCCO)CCCCO)cc3OCc3ccccc3)c3c2OCCO3)C(C)(c2ccccc2)OC1=C(C#N)C#N. The first-order valence-corrected chi connectivity index (χ1v) is 19.7.